The lowest BCUT2D eigenvalue weighted by molar-refractivity contribution is 0.00760. The number of hydrogen-bond donors (Lipinski definition) is 0. The molecule has 0 N–H and O–H groups in total. The summed E-state index contributed by atoms with van der Waals surface area (Å²) in [6.07, 6.45) is 0. The topological polar surface area (TPSA) is 111 Å². The Morgan fingerprint density at radius 2 is 0.446 bits per heavy atom. The average Bonchev–Trinajstić information content (AvgIpc) is 2.85. The zero-order chi connectivity index (χ0) is 42.7. The predicted octanol–water partition coefficient (Wildman–Crippen LogP) is 10.1. The highest BCUT2D eigenvalue weighted by Crippen LogP contribution is 2.51. The Labute approximate surface area is 356 Å². The Morgan fingerprint density at radius 1 is 0.286 bits per heavy atom. The van der Waals surface area contributed by atoms with E-state index >= 15 is 0 Å². The third-order valence-electron chi connectivity index (χ3n) is 8.49. The monoisotopic (exact) mass is 961 g/mol. The van der Waals surface area contributed by atoms with E-state index in [1.54, 1.807) is 0 Å². The summed E-state index contributed by atoms with van der Waals surface area (Å²) in [6, 6.07) is 3.63. The first-order valence-corrected chi connectivity index (χ1v) is 42.1. The third-order valence-corrected chi connectivity index (χ3v) is 48.7. The summed E-state index contributed by atoms with van der Waals surface area (Å²) < 4.78 is 92.6. The van der Waals surface area contributed by atoms with Crippen molar-refractivity contribution >= 4 is 88.8 Å². The van der Waals surface area contributed by atoms with Crippen molar-refractivity contribution < 1.29 is 49.4 Å². The quantitative estimate of drug-likeness (QED) is 0.108. The molecule has 3 aliphatic rings. The van der Waals surface area contributed by atoms with E-state index < -0.39 is 88.8 Å². The molecule has 0 aromatic heterocycles. The van der Waals surface area contributed by atoms with Gasteiger partial charge in [-0.25, -0.2) is 0 Å². The number of fused-ring (bicyclic) bond motifs is 3. The second-order valence-electron chi connectivity index (χ2n) is 19.9. The van der Waals surface area contributed by atoms with Crippen molar-refractivity contribution in [2.24, 2.45) is 41.4 Å². The van der Waals surface area contributed by atoms with Crippen LogP contribution in [0.25, 0.3) is 0 Å². The first kappa shape index (κ1) is 52.0. The van der Waals surface area contributed by atoms with Crippen molar-refractivity contribution in [3.63, 3.8) is 0 Å². The molecule has 3 heterocycles. The second kappa shape index (κ2) is 20.5. The standard InChI is InChI=1S/C34H81O12Si10/c1-28(2)21-50(35-47(15)16)38-53(24-31(7)8)40-51(22-29(3)4,36-48(17)18)42-55(26-33(11)12)43-52(23-30(5)6,37-49(19)20)41-54(39-50,25-32(9)10)45-56(44-53,46-55)27-34(13)14/h28-34H,21-27H2,1-20H3. The fourth-order valence-electron chi connectivity index (χ4n) is 7.88. The molecule has 3 fully saturated rings. The van der Waals surface area contributed by atoms with E-state index in [1.807, 2.05) is 0 Å². The van der Waals surface area contributed by atoms with E-state index in [-0.39, 0.29) is 41.4 Å². The average molecular weight is 963 g/mol. The summed E-state index contributed by atoms with van der Waals surface area (Å²) in [5.74, 6) is 1.02. The summed E-state index contributed by atoms with van der Waals surface area (Å²) in [5.41, 5.74) is 0. The second-order valence-corrected chi connectivity index (χ2v) is 47.6. The number of hydrogen-bond acceptors (Lipinski definition) is 12. The molecule has 0 amide bonds. The third kappa shape index (κ3) is 14.9. The normalized spacial score (nSPS) is 35.9. The molecule has 56 heavy (non-hydrogen) atoms. The number of rotatable bonds is 20. The van der Waals surface area contributed by atoms with Crippen LogP contribution in [-0.2, 0) is 49.4 Å². The molecule has 0 atom stereocenters. The first-order valence-electron chi connectivity index (χ1n) is 21.3. The van der Waals surface area contributed by atoms with Gasteiger partial charge in [0, 0.05) is 42.3 Å². The minimum atomic E-state index is -3.94. The summed E-state index contributed by atoms with van der Waals surface area (Å²) in [6.45, 7) is 43.6. The van der Waals surface area contributed by atoms with Crippen LogP contribution in [0, 0.1) is 41.4 Å². The van der Waals surface area contributed by atoms with Gasteiger partial charge in [0.2, 0.25) is 0 Å². The minimum absolute atomic E-state index is 0.127. The van der Waals surface area contributed by atoms with Crippen molar-refractivity contribution in [2.45, 2.75) is 179 Å². The van der Waals surface area contributed by atoms with Gasteiger partial charge in [-0.2, -0.15) is 0 Å². The maximum Gasteiger partial charge on any atom is 0.479 e. The summed E-state index contributed by atoms with van der Waals surface area (Å²) in [7, 11) is -31.3. The van der Waals surface area contributed by atoms with Gasteiger partial charge in [-0.15, -0.1) is 0 Å². The zero-order valence-electron chi connectivity index (χ0n) is 38.9. The van der Waals surface area contributed by atoms with Gasteiger partial charge >= 0.3 is 61.6 Å². The Bertz CT molecular complexity index is 1040. The minimum Gasteiger partial charge on any atom is -0.416 e. The van der Waals surface area contributed by atoms with E-state index in [2.05, 4.69) is 136 Å². The Kier molecular flexibility index (Phi) is 19.0. The molecule has 0 saturated carbocycles. The highest BCUT2D eigenvalue weighted by Gasteiger charge is 2.78. The van der Waals surface area contributed by atoms with Crippen LogP contribution in [0.1, 0.15) is 96.9 Å². The Balaban J connectivity index is 2.73. The largest absolute Gasteiger partial charge is 0.479 e. The lowest BCUT2D eigenvalue weighted by atomic mass is 10.3. The predicted molar refractivity (Wildman–Crippen MR) is 243 cm³/mol. The van der Waals surface area contributed by atoms with Gasteiger partial charge < -0.3 is 49.4 Å². The Morgan fingerprint density at radius 3 is 0.589 bits per heavy atom. The first-order chi connectivity index (χ1) is 25.5. The van der Waals surface area contributed by atoms with Crippen LogP contribution in [0.4, 0.5) is 0 Å². The molecule has 0 spiro atoms. The molecule has 0 aromatic carbocycles. The molecule has 0 unspecified atom stereocenters. The molecule has 12 nitrogen and oxygen atoms in total. The zero-order valence-corrected chi connectivity index (χ0v) is 48.9. The molecular weight excluding hydrogens is 881 g/mol. The summed E-state index contributed by atoms with van der Waals surface area (Å²) in [5, 5.41) is 0. The van der Waals surface area contributed by atoms with Crippen LogP contribution in [0.3, 0.4) is 0 Å². The lowest BCUT2D eigenvalue weighted by Gasteiger charge is -2.59. The van der Waals surface area contributed by atoms with E-state index in [9.17, 15) is 0 Å². The van der Waals surface area contributed by atoms with Crippen LogP contribution >= 0.6 is 0 Å². The van der Waals surface area contributed by atoms with Gasteiger partial charge in [0.25, 0.3) is 0 Å². The van der Waals surface area contributed by atoms with Crippen molar-refractivity contribution in [3.05, 3.63) is 0 Å². The van der Waals surface area contributed by atoms with Gasteiger partial charge in [-0.1, -0.05) is 96.9 Å². The molecule has 329 valence electrons. The molecule has 3 saturated heterocycles. The van der Waals surface area contributed by atoms with Crippen LogP contribution in [-0.4, -0.2) is 88.8 Å². The lowest BCUT2D eigenvalue weighted by Crippen LogP contribution is -2.83. The summed E-state index contributed by atoms with van der Waals surface area (Å²) in [4.78, 5) is 0. The maximum absolute atomic E-state index is 7.90. The molecular formula is C34H81O12Si10. The van der Waals surface area contributed by atoms with Crippen LogP contribution in [0.5, 0.6) is 0 Å². The maximum atomic E-state index is 7.90. The van der Waals surface area contributed by atoms with Crippen LogP contribution < -0.4 is 0 Å². The van der Waals surface area contributed by atoms with Crippen molar-refractivity contribution in [2.75, 3.05) is 0 Å². The van der Waals surface area contributed by atoms with Crippen LogP contribution in [0.2, 0.25) is 81.6 Å². The van der Waals surface area contributed by atoms with Gasteiger partial charge in [0.05, 0.1) is 0 Å². The Hall–Kier alpha value is 1.69. The molecule has 3 aliphatic heterocycles. The van der Waals surface area contributed by atoms with Gasteiger partial charge in [-0.3, -0.25) is 0 Å². The molecule has 4 bridgehead atoms. The molecule has 3 radical (unpaired) electrons. The van der Waals surface area contributed by atoms with E-state index in [4.69, 9.17) is 49.4 Å². The van der Waals surface area contributed by atoms with Gasteiger partial charge in [0.1, 0.15) is 0 Å². The molecule has 0 aliphatic carbocycles. The highest BCUT2D eigenvalue weighted by molar-refractivity contribution is 6.99. The van der Waals surface area contributed by atoms with Crippen molar-refractivity contribution in [3.8, 4) is 0 Å². The fraction of sp³-hybridized carbons (Fsp3) is 1.00. The van der Waals surface area contributed by atoms with Crippen LogP contribution in [0.15, 0.2) is 0 Å². The fourth-order valence-corrected chi connectivity index (χ4v) is 57.8. The van der Waals surface area contributed by atoms with E-state index in [0.717, 1.165) is 0 Å². The smallest absolute Gasteiger partial charge is 0.416 e. The van der Waals surface area contributed by atoms with Crippen molar-refractivity contribution in [1.82, 2.24) is 0 Å². The SMILES string of the molecule is CC(C)C[Si]1(O[Si](C)C)O[Si]2(CC(C)C)O[Si](CC(C)C)(O[Si](C)C)O[Si]3(CC(C)C)O[Si](CC(C)C)(O[Si](C)C)O[Si](CC(C)C)(O1)O[Si](CC(C)C)(O2)O3. The van der Waals surface area contributed by atoms with Gasteiger partial charge in [-0.05, 0) is 80.7 Å². The highest BCUT2D eigenvalue weighted by atomic mass is 28.6. The van der Waals surface area contributed by atoms with Crippen molar-refractivity contribution in [1.29, 1.82) is 0 Å². The molecule has 3 rings (SSSR count). The summed E-state index contributed by atoms with van der Waals surface area (Å²) >= 11 is 0. The van der Waals surface area contributed by atoms with E-state index in [1.165, 1.54) is 0 Å². The molecule has 0 aromatic rings. The van der Waals surface area contributed by atoms with Gasteiger partial charge in [0.15, 0.2) is 27.1 Å². The van der Waals surface area contributed by atoms with E-state index in [0.29, 0.717) is 42.3 Å². The molecule has 22 heteroatoms.